The first-order valence-corrected chi connectivity index (χ1v) is 9.08. The van der Waals surface area contributed by atoms with Crippen molar-refractivity contribution in [3.63, 3.8) is 0 Å². The second-order valence-corrected chi connectivity index (χ2v) is 7.44. The van der Waals surface area contributed by atoms with E-state index in [0.29, 0.717) is 0 Å². The number of nitrogens with one attached hydrogen (secondary N) is 1. The summed E-state index contributed by atoms with van der Waals surface area (Å²) >= 11 is 2.24. The predicted octanol–water partition coefficient (Wildman–Crippen LogP) is 4.71. The van der Waals surface area contributed by atoms with Gasteiger partial charge in [-0.25, -0.2) is 0 Å². The van der Waals surface area contributed by atoms with E-state index in [1.54, 1.807) is 0 Å². The lowest BCUT2D eigenvalue weighted by Gasteiger charge is -2.38. The Labute approximate surface area is 119 Å². The van der Waals surface area contributed by atoms with Crippen molar-refractivity contribution in [1.82, 2.24) is 5.32 Å². The van der Waals surface area contributed by atoms with Crippen LogP contribution in [-0.4, -0.2) is 23.6 Å². The van der Waals surface area contributed by atoms with Gasteiger partial charge in [0.25, 0.3) is 0 Å². The fraction of sp³-hybridized carbons (Fsp3) is 1.00. The Hall–Kier alpha value is 0.310. The van der Waals surface area contributed by atoms with E-state index in [1.165, 1.54) is 44.3 Å². The molecule has 1 aliphatic carbocycles. The van der Waals surface area contributed by atoms with Gasteiger partial charge in [0.05, 0.1) is 0 Å². The summed E-state index contributed by atoms with van der Waals surface area (Å²) in [5, 5.41) is 4.58. The molecular weight excluding hydrogens is 238 g/mol. The Bertz CT molecular complexity index is 205. The van der Waals surface area contributed by atoms with Gasteiger partial charge in [-0.1, -0.05) is 40.5 Å². The first kappa shape index (κ1) is 16.4. The molecule has 0 aliphatic heterocycles. The summed E-state index contributed by atoms with van der Waals surface area (Å²) in [5.74, 6) is 3.19. The SMILES string of the molecule is CCCCCSC1CC(C(C)C)CCC1NCC. The van der Waals surface area contributed by atoms with Crippen LogP contribution >= 0.6 is 11.8 Å². The lowest BCUT2D eigenvalue weighted by molar-refractivity contribution is 0.247. The second kappa shape index (κ2) is 9.25. The molecule has 0 radical (unpaired) electrons. The zero-order chi connectivity index (χ0) is 13.4. The summed E-state index contributed by atoms with van der Waals surface area (Å²) < 4.78 is 0. The van der Waals surface area contributed by atoms with Crippen molar-refractivity contribution in [2.45, 2.75) is 77.5 Å². The van der Waals surface area contributed by atoms with Gasteiger partial charge in [0, 0.05) is 11.3 Å². The highest BCUT2D eigenvalue weighted by Gasteiger charge is 2.31. The van der Waals surface area contributed by atoms with Gasteiger partial charge in [0.2, 0.25) is 0 Å². The van der Waals surface area contributed by atoms with E-state index in [9.17, 15) is 0 Å². The van der Waals surface area contributed by atoms with Gasteiger partial charge in [-0.05, 0) is 49.8 Å². The third-order valence-corrected chi connectivity index (χ3v) is 5.79. The van der Waals surface area contributed by atoms with E-state index in [0.717, 1.165) is 29.7 Å². The average molecular weight is 272 g/mol. The number of thioether (sulfide) groups is 1. The number of hydrogen-bond acceptors (Lipinski definition) is 2. The molecule has 0 bridgehead atoms. The van der Waals surface area contributed by atoms with Gasteiger partial charge in [-0.15, -0.1) is 0 Å². The minimum absolute atomic E-state index is 0.775. The number of hydrogen-bond donors (Lipinski definition) is 1. The van der Waals surface area contributed by atoms with Crippen LogP contribution in [0.1, 0.15) is 66.2 Å². The minimum Gasteiger partial charge on any atom is -0.313 e. The van der Waals surface area contributed by atoms with E-state index in [2.05, 4.69) is 44.8 Å². The van der Waals surface area contributed by atoms with Crippen molar-refractivity contribution in [2.75, 3.05) is 12.3 Å². The smallest absolute Gasteiger partial charge is 0.0203 e. The molecule has 1 saturated carbocycles. The van der Waals surface area contributed by atoms with Gasteiger partial charge in [0.15, 0.2) is 0 Å². The Morgan fingerprint density at radius 1 is 1.17 bits per heavy atom. The molecule has 1 rings (SSSR count). The van der Waals surface area contributed by atoms with Crippen molar-refractivity contribution in [2.24, 2.45) is 11.8 Å². The van der Waals surface area contributed by atoms with Crippen LogP contribution in [0.25, 0.3) is 0 Å². The molecular formula is C16H33NS. The van der Waals surface area contributed by atoms with Gasteiger partial charge in [-0.3, -0.25) is 0 Å². The van der Waals surface area contributed by atoms with E-state index in [1.807, 2.05) is 0 Å². The van der Waals surface area contributed by atoms with Crippen LogP contribution in [-0.2, 0) is 0 Å². The zero-order valence-corrected chi connectivity index (χ0v) is 13.7. The first-order valence-electron chi connectivity index (χ1n) is 8.04. The third-order valence-electron chi connectivity index (χ3n) is 4.32. The molecule has 1 N–H and O–H groups in total. The molecule has 0 aromatic heterocycles. The van der Waals surface area contributed by atoms with Crippen LogP contribution in [0.5, 0.6) is 0 Å². The topological polar surface area (TPSA) is 12.0 Å². The largest absolute Gasteiger partial charge is 0.313 e. The molecule has 0 aromatic rings. The van der Waals surface area contributed by atoms with Crippen LogP contribution < -0.4 is 5.32 Å². The van der Waals surface area contributed by atoms with Crippen molar-refractivity contribution in [3.05, 3.63) is 0 Å². The number of rotatable bonds is 8. The lowest BCUT2D eigenvalue weighted by Crippen LogP contribution is -2.43. The van der Waals surface area contributed by atoms with Crippen molar-refractivity contribution in [1.29, 1.82) is 0 Å². The molecule has 1 aliphatic rings. The molecule has 1 fully saturated rings. The summed E-state index contributed by atoms with van der Waals surface area (Å²) in [5.41, 5.74) is 0. The fourth-order valence-corrected chi connectivity index (χ4v) is 4.55. The maximum absolute atomic E-state index is 3.71. The quantitative estimate of drug-likeness (QED) is 0.642. The van der Waals surface area contributed by atoms with Gasteiger partial charge >= 0.3 is 0 Å². The van der Waals surface area contributed by atoms with E-state index < -0.39 is 0 Å². The van der Waals surface area contributed by atoms with Crippen LogP contribution in [0.3, 0.4) is 0 Å². The molecule has 1 nitrogen and oxygen atoms in total. The van der Waals surface area contributed by atoms with Gasteiger partial charge in [0.1, 0.15) is 0 Å². The Balaban J connectivity index is 2.39. The van der Waals surface area contributed by atoms with E-state index >= 15 is 0 Å². The normalized spacial score (nSPS) is 28.8. The van der Waals surface area contributed by atoms with E-state index in [4.69, 9.17) is 0 Å². The maximum atomic E-state index is 3.71. The van der Waals surface area contributed by atoms with Gasteiger partial charge in [-0.2, -0.15) is 11.8 Å². The highest BCUT2D eigenvalue weighted by Crippen LogP contribution is 2.36. The van der Waals surface area contributed by atoms with Crippen LogP contribution in [0.4, 0.5) is 0 Å². The fourth-order valence-electron chi connectivity index (χ4n) is 3.03. The molecule has 3 unspecified atom stereocenters. The first-order chi connectivity index (χ1) is 8.69. The molecule has 0 spiro atoms. The molecule has 0 aromatic carbocycles. The predicted molar refractivity (Wildman–Crippen MR) is 85.4 cm³/mol. The lowest BCUT2D eigenvalue weighted by atomic mass is 9.79. The standard InChI is InChI=1S/C16H33NS/c1-5-7-8-11-18-16-12-14(13(3)4)9-10-15(16)17-6-2/h13-17H,5-12H2,1-4H3. The Morgan fingerprint density at radius 2 is 1.94 bits per heavy atom. The third kappa shape index (κ3) is 5.52. The summed E-state index contributed by atoms with van der Waals surface area (Å²) in [7, 11) is 0. The van der Waals surface area contributed by atoms with Crippen LogP contribution in [0.15, 0.2) is 0 Å². The Morgan fingerprint density at radius 3 is 2.56 bits per heavy atom. The average Bonchev–Trinajstić information content (AvgIpc) is 2.36. The molecule has 18 heavy (non-hydrogen) atoms. The summed E-state index contributed by atoms with van der Waals surface area (Å²) in [6.07, 6.45) is 8.41. The maximum Gasteiger partial charge on any atom is 0.0203 e. The molecule has 0 saturated heterocycles. The number of unbranched alkanes of at least 4 members (excludes halogenated alkanes) is 2. The Kier molecular flexibility index (Phi) is 8.41. The van der Waals surface area contributed by atoms with Crippen molar-refractivity contribution in [3.8, 4) is 0 Å². The molecule has 2 heteroatoms. The highest BCUT2D eigenvalue weighted by atomic mass is 32.2. The summed E-state index contributed by atoms with van der Waals surface area (Å²) in [6, 6.07) is 0.775. The second-order valence-electron chi connectivity index (χ2n) is 6.10. The highest BCUT2D eigenvalue weighted by molar-refractivity contribution is 7.99. The van der Waals surface area contributed by atoms with Crippen molar-refractivity contribution >= 4 is 11.8 Å². The zero-order valence-electron chi connectivity index (χ0n) is 12.9. The van der Waals surface area contributed by atoms with E-state index in [-0.39, 0.29) is 0 Å². The summed E-state index contributed by atoms with van der Waals surface area (Å²) in [4.78, 5) is 0. The molecule has 0 heterocycles. The minimum atomic E-state index is 0.775. The molecule has 108 valence electrons. The molecule has 0 amide bonds. The molecule has 3 atom stereocenters. The summed E-state index contributed by atoms with van der Waals surface area (Å²) in [6.45, 7) is 10.5. The van der Waals surface area contributed by atoms with Gasteiger partial charge < -0.3 is 5.32 Å². The van der Waals surface area contributed by atoms with Crippen LogP contribution in [0, 0.1) is 11.8 Å². The van der Waals surface area contributed by atoms with Crippen molar-refractivity contribution < 1.29 is 0 Å². The van der Waals surface area contributed by atoms with Crippen LogP contribution in [0.2, 0.25) is 0 Å². The monoisotopic (exact) mass is 271 g/mol.